The molecule has 3 aromatic rings. The molecule has 10 nitrogen and oxygen atoms in total. The lowest BCUT2D eigenvalue weighted by Gasteiger charge is -2.40. The summed E-state index contributed by atoms with van der Waals surface area (Å²) >= 11 is 0. The molecule has 2 aliphatic heterocycles. The van der Waals surface area contributed by atoms with Gasteiger partial charge in [-0.3, -0.25) is 14.7 Å². The average Bonchev–Trinajstić information content (AvgIpc) is 3.02. The topological polar surface area (TPSA) is 116 Å². The van der Waals surface area contributed by atoms with Crippen LogP contribution in [0.25, 0.3) is 0 Å². The van der Waals surface area contributed by atoms with Gasteiger partial charge in [-0.25, -0.2) is 18.7 Å². The predicted octanol–water partition coefficient (Wildman–Crippen LogP) is 4.27. The number of pyridine rings is 1. The number of sulfone groups is 1. The molecule has 2 fully saturated rings. The van der Waals surface area contributed by atoms with E-state index < -0.39 is 26.8 Å². The highest BCUT2D eigenvalue weighted by molar-refractivity contribution is 7.93. The first-order valence-electron chi connectivity index (χ1n) is 13.8. The Morgan fingerprint density at radius 3 is 2.29 bits per heavy atom. The summed E-state index contributed by atoms with van der Waals surface area (Å²) in [4.78, 5) is 25.7. The molecule has 1 amide bonds. The minimum Gasteiger partial charge on any atom is -0.497 e. The quantitative estimate of drug-likeness (QED) is 0.351. The molecule has 0 saturated carbocycles. The average molecular weight is 582 g/mol. The number of carbonyl (C=O) groups excluding carboxylic acids is 1. The van der Waals surface area contributed by atoms with Crippen LogP contribution in [-0.4, -0.2) is 62.1 Å². The first-order valence-corrected chi connectivity index (χ1v) is 15.2. The summed E-state index contributed by atoms with van der Waals surface area (Å²) in [5.41, 5.74) is 3.33. The minimum absolute atomic E-state index is 0.0434. The normalized spacial score (nSPS) is 19.3. The van der Waals surface area contributed by atoms with E-state index in [9.17, 15) is 13.2 Å². The Hall–Kier alpha value is -3.51. The number of hydrogen-bond acceptors (Lipinski definition) is 9. The number of hydroxylamine groups is 1. The Kier molecular flexibility index (Phi) is 9.19. The van der Waals surface area contributed by atoms with Gasteiger partial charge in [0, 0.05) is 38.9 Å². The molecule has 218 valence electrons. The highest BCUT2D eigenvalue weighted by atomic mass is 32.2. The van der Waals surface area contributed by atoms with Gasteiger partial charge in [-0.15, -0.1) is 0 Å². The molecule has 2 aromatic carbocycles. The molecular formula is C30H35N3O7S. The van der Waals surface area contributed by atoms with E-state index in [0.717, 1.165) is 18.5 Å². The molecule has 0 radical (unpaired) electrons. The molecular weight excluding hydrogens is 546 g/mol. The summed E-state index contributed by atoms with van der Waals surface area (Å²) in [6.07, 6.45) is 3.82. The molecule has 41 heavy (non-hydrogen) atoms. The van der Waals surface area contributed by atoms with Crippen LogP contribution in [0.5, 0.6) is 17.2 Å². The molecule has 1 aromatic heterocycles. The van der Waals surface area contributed by atoms with Crippen molar-refractivity contribution in [2.75, 3.05) is 26.8 Å². The number of likely N-dealkylation sites (tertiary alicyclic amines) is 1. The van der Waals surface area contributed by atoms with Crippen molar-refractivity contribution in [1.82, 2.24) is 15.4 Å². The molecule has 0 spiro atoms. The van der Waals surface area contributed by atoms with Gasteiger partial charge in [0.15, 0.2) is 20.9 Å². The van der Waals surface area contributed by atoms with Crippen molar-refractivity contribution < 1.29 is 32.3 Å². The van der Waals surface area contributed by atoms with Gasteiger partial charge in [0.25, 0.3) is 5.91 Å². The van der Waals surface area contributed by atoms with Crippen molar-refractivity contribution in [3.05, 3.63) is 78.6 Å². The molecule has 0 bridgehead atoms. The van der Waals surface area contributed by atoms with Gasteiger partial charge in [0.2, 0.25) is 0 Å². The molecule has 2 aliphatic rings. The second-order valence-corrected chi connectivity index (χ2v) is 12.4. The van der Waals surface area contributed by atoms with Crippen LogP contribution >= 0.6 is 0 Å². The molecule has 1 N–H and O–H groups in total. The van der Waals surface area contributed by atoms with E-state index in [2.05, 4.69) is 15.4 Å². The monoisotopic (exact) mass is 581 g/mol. The summed E-state index contributed by atoms with van der Waals surface area (Å²) in [5, 5.41) is 0. The maximum atomic E-state index is 14.2. The predicted molar refractivity (Wildman–Crippen MR) is 151 cm³/mol. The van der Waals surface area contributed by atoms with Gasteiger partial charge in [-0.05, 0) is 86.3 Å². The second-order valence-electron chi connectivity index (χ2n) is 10.2. The van der Waals surface area contributed by atoms with Gasteiger partial charge in [0.05, 0.1) is 17.7 Å². The maximum absolute atomic E-state index is 14.2. The number of aromatic nitrogens is 1. The number of ether oxygens (including phenoxy) is 3. The van der Waals surface area contributed by atoms with Gasteiger partial charge < -0.3 is 14.2 Å². The van der Waals surface area contributed by atoms with E-state index in [1.165, 1.54) is 12.1 Å². The van der Waals surface area contributed by atoms with Crippen LogP contribution in [0.1, 0.15) is 37.8 Å². The lowest BCUT2D eigenvalue weighted by molar-refractivity contribution is -0.202. The zero-order valence-electron chi connectivity index (χ0n) is 23.0. The third-order valence-electron chi connectivity index (χ3n) is 7.55. The number of methoxy groups -OCH3 is 1. The fourth-order valence-corrected chi connectivity index (χ4v) is 7.07. The van der Waals surface area contributed by atoms with Crippen LogP contribution < -0.4 is 15.0 Å². The van der Waals surface area contributed by atoms with Crippen LogP contribution in [0.2, 0.25) is 0 Å². The summed E-state index contributed by atoms with van der Waals surface area (Å²) in [7, 11) is -2.53. The number of hydrogen-bond donors (Lipinski definition) is 1. The Labute approximate surface area is 240 Å². The summed E-state index contributed by atoms with van der Waals surface area (Å²) in [6, 6.07) is 18.9. The third-order valence-corrected chi connectivity index (χ3v) is 10.1. The number of amides is 1. The lowest BCUT2D eigenvalue weighted by Crippen LogP contribution is -2.58. The van der Waals surface area contributed by atoms with Crippen LogP contribution in [0, 0.1) is 0 Å². The van der Waals surface area contributed by atoms with Crippen molar-refractivity contribution >= 4 is 15.7 Å². The molecule has 0 aliphatic carbocycles. The van der Waals surface area contributed by atoms with Gasteiger partial charge >= 0.3 is 0 Å². The Morgan fingerprint density at radius 1 is 1.00 bits per heavy atom. The standard InChI is InChI=1S/C30H35N3O7S/c1-37-24-8-10-25(11-9-24)39-26-12-14-27(15-13-26)41(35,36)30(29(34)32-40-28-7-3-5-21-38-28)16-19-33(20-17-30)22-23-6-2-4-18-31-23/h2,4,6,8-15,18,28H,3,5,7,16-17,19-22H2,1H3,(H,32,34). The van der Waals surface area contributed by atoms with E-state index in [1.54, 1.807) is 49.7 Å². The first kappa shape index (κ1) is 29.0. The zero-order valence-corrected chi connectivity index (χ0v) is 23.8. The molecule has 11 heteroatoms. The van der Waals surface area contributed by atoms with Crippen LogP contribution in [0.15, 0.2) is 77.8 Å². The molecule has 2 saturated heterocycles. The first-order chi connectivity index (χ1) is 19.9. The Bertz CT molecular complexity index is 1390. The molecule has 1 unspecified atom stereocenters. The highest BCUT2D eigenvalue weighted by Crippen LogP contribution is 2.37. The van der Waals surface area contributed by atoms with Crippen molar-refractivity contribution in [2.24, 2.45) is 0 Å². The SMILES string of the molecule is COc1ccc(Oc2ccc(S(=O)(=O)C3(C(=O)NOC4CCCCO4)CCN(Cc4ccccn4)CC3)cc2)cc1. The van der Waals surface area contributed by atoms with Gasteiger partial charge in [-0.2, -0.15) is 0 Å². The van der Waals surface area contributed by atoms with Gasteiger partial charge in [-0.1, -0.05) is 6.07 Å². The van der Waals surface area contributed by atoms with E-state index in [-0.39, 0.29) is 17.7 Å². The number of carbonyl (C=O) groups is 1. The van der Waals surface area contributed by atoms with E-state index in [0.29, 0.717) is 49.9 Å². The number of nitrogens with zero attached hydrogens (tertiary/aromatic N) is 2. The van der Waals surface area contributed by atoms with Crippen molar-refractivity contribution in [3.63, 3.8) is 0 Å². The fourth-order valence-electron chi connectivity index (χ4n) is 5.12. The van der Waals surface area contributed by atoms with Crippen LogP contribution in [0.4, 0.5) is 0 Å². The third kappa shape index (κ3) is 6.70. The molecule has 5 rings (SSSR count). The zero-order chi connectivity index (χ0) is 28.7. The number of rotatable bonds is 10. The second kappa shape index (κ2) is 13.0. The Balaban J connectivity index is 1.34. The number of piperidine rings is 1. The van der Waals surface area contributed by atoms with Crippen molar-refractivity contribution in [1.29, 1.82) is 0 Å². The molecule has 3 heterocycles. The van der Waals surface area contributed by atoms with Gasteiger partial charge in [0.1, 0.15) is 17.2 Å². The van der Waals surface area contributed by atoms with Crippen molar-refractivity contribution in [3.8, 4) is 17.2 Å². The van der Waals surface area contributed by atoms with Crippen molar-refractivity contribution in [2.45, 2.75) is 54.6 Å². The smallest absolute Gasteiger partial charge is 0.265 e. The Morgan fingerprint density at radius 2 is 1.68 bits per heavy atom. The maximum Gasteiger partial charge on any atom is 0.265 e. The minimum atomic E-state index is -4.12. The number of nitrogens with one attached hydrogen (secondary N) is 1. The number of benzene rings is 2. The summed E-state index contributed by atoms with van der Waals surface area (Å²) < 4.78 is 43.2. The largest absolute Gasteiger partial charge is 0.497 e. The van der Waals surface area contributed by atoms with E-state index >= 15 is 0 Å². The van der Waals surface area contributed by atoms with Crippen LogP contribution in [-0.2, 0) is 30.8 Å². The van der Waals surface area contributed by atoms with E-state index in [1.807, 2.05) is 18.2 Å². The summed E-state index contributed by atoms with van der Waals surface area (Å²) in [5.74, 6) is 1.07. The summed E-state index contributed by atoms with van der Waals surface area (Å²) in [6.45, 7) is 1.92. The van der Waals surface area contributed by atoms with E-state index in [4.69, 9.17) is 19.0 Å². The highest BCUT2D eigenvalue weighted by Gasteiger charge is 2.53. The fraction of sp³-hybridized carbons (Fsp3) is 0.400. The molecule has 1 atom stereocenters. The lowest BCUT2D eigenvalue weighted by atomic mass is 9.94. The van der Waals surface area contributed by atoms with Crippen LogP contribution in [0.3, 0.4) is 0 Å².